The molecule has 0 aliphatic carbocycles. The van der Waals surface area contributed by atoms with Gasteiger partial charge in [0.15, 0.2) is 0 Å². The van der Waals surface area contributed by atoms with Gasteiger partial charge in [-0.2, -0.15) is 0 Å². The van der Waals surface area contributed by atoms with Gasteiger partial charge in [-0.15, -0.1) is 0 Å². The first-order valence-corrected chi connectivity index (χ1v) is 2.77. The van der Waals surface area contributed by atoms with Crippen LogP contribution >= 0.6 is 0 Å². The molecule has 0 unspecified atom stereocenters. The van der Waals surface area contributed by atoms with Crippen LogP contribution < -0.4 is 0 Å². The summed E-state index contributed by atoms with van der Waals surface area (Å²) < 4.78 is 9.44. The van der Waals surface area contributed by atoms with Crippen molar-refractivity contribution in [2.75, 3.05) is 13.2 Å². The molecule has 0 bridgehead atoms. The van der Waals surface area contributed by atoms with E-state index in [2.05, 4.69) is 0 Å². The minimum absolute atomic E-state index is 0. The van der Waals surface area contributed by atoms with Gasteiger partial charge in [-0.05, 0) is 6.42 Å². The molecule has 1 rings (SSSR count). The van der Waals surface area contributed by atoms with Crippen LogP contribution in [0, 0.1) is 0 Å². The number of aliphatic carboxylic acids is 1. The molecule has 54 valence electrons. The zero-order chi connectivity index (χ0) is 6.69. The summed E-state index contributed by atoms with van der Waals surface area (Å²) in [5, 5.41) is 8.29. The van der Waals surface area contributed by atoms with Crippen LogP contribution in [0.5, 0.6) is 0 Å². The molecule has 0 aromatic carbocycles. The Kier molecular flexibility index (Phi) is 5.29. The van der Waals surface area contributed by atoms with Crippen molar-refractivity contribution in [1.29, 1.82) is 0 Å². The van der Waals surface area contributed by atoms with Crippen LogP contribution in [0.4, 0.5) is 0 Å². The average Bonchev–Trinajstić information content (AvgIpc) is 1.90. The van der Waals surface area contributed by atoms with E-state index in [9.17, 15) is 4.79 Å². The second-order valence-electron chi connectivity index (χ2n) is 1.77. The van der Waals surface area contributed by atoms with Gasteiger partial charge in [0.1, 0.15) is 0 Å². The molecule has 1 saturated heterocycles. The molecule has 0 amide bonds. The molecule has 0 aromatic heterocycles. The Labute approximate surface area is 80.8 Å². The van der Waals surface area contributed by atoms with Crippen molar-refractivity contribution in [2.24, 2.45) is 0 Å². The maximum absolute atomic E-state index is 10.1. The van der Waals surface area contributed by atoms with Crippen molar-refractivity contribution in [3.05, 3.63) is 0 Å². The van der Waals surface area contributed by atoms with Crippen LogP contribution in [0.15, 0.2) is 0 Å². The van der Waals surface area contributed by atoms with E-state index in [1.54, 1.807) is 0 Å². The Hall–Kier alpha value is 0.390. The van der Waals surface area contributed by atoms with Gasteiger partial charge in [0, 0.05) is 0 Å². The summed E-state index contributed by atoms with van der Waals surface area (Å²) in [6.07, 6.45) is -0.247. The summed E-state index contributed by atoms with van der Waals surface area (Å²) in [6, 6.07) is 0. The fourth-order valence-corrected chi connectivity index (χ4v) is 0.630. The van der Waals surface area contributed by atoms with Gasteiger partial charge >= 0.3 is 35.5 Å². The standard InChI is InChI=1S/C5H8O4.Na.H/c6-4(7)5-8-2-1-3-9-5;;/h5H,1-3H2,(H,6,7);;. The van der Waals surface area contributed by atoms with Crippen molar-refractivity contribution in [2.45, 2.75) is 12.7 Å². The molecule has 1 aliphatic rings. The third kappa shape index (κ3) is 2.98. The molecule has 0 saturated carbocycles. The summed E-state index contributed by atoms with van der Waals surface area (Å²) in [4.78, 5) is 10.1. The second kappa shape index (κ2) is 5.09. The number of rotatable bonds is 1. The first-order chi connectivity index (χ1) is 4.30. The first-order valence-electron chi connectivity index (χ1n) is 2.77. The fraction of sp³-hybridized carbons (Fsp3) is 0.800. The zero-order valence-electron chi connectivity index (χ0n) is 4.87. The first kappa shape index (κ1) is 10.4. The predicted molar refractivity (Wildman–Crippen MR) is 35.1 cm³/mol. The van der Waals surface area contributed by atoms with Crippen LogP contribution in [0.3, 0.4) is 0 Å². The average molecular weight is 156 g/mol. The Morgan fingerprint density at radius 2 is 1.90 bits per heavy atom. The number of carboxylic acid groups (broad SMARTS) is 1. The topological polar surface area (TPSA) is 55.8 Å². The molecule has 0 spiro atoms. The van der Waals surface area contributed by atoms with E-state index in [1.807, 2.05) is 0 Å². The van der Waals surface area contributed by atoms with E-state index in [4.69, 9.17) is 14.6 Å². The Morgan fingerprint density at radius 1 is 1.40 bits per heavy atom. The van der Waals surface area contributed by atoms with Crippen molar-refractivity contribution in [3.8, 4) is 0 Å². The van der Waals surface area contributed by atoms with Gasteiger partial charge < -0.3 is 14.6 Å². The van der Waals surface area contributed by atoms with Gasteiger partial charge in [0.25, 0.3) is 6.29 Å². The Morgan fingerprint density at radius 3 is 2.20 bits per heavy atom. The van der Waals surface area contributed by atoms with Gasteiger partial charge in [-0.25, -0.2) is 4.79 Å². The molecule has 1 fully saturated rings. The molecular weight excluding hydrogens is 147 g/mol. The van der Waals surface area contributed by atoms with Crippen molar-refractivity contribution in [3.63, 3.8) is 0 Å². The summed E-state index contributed by atoms with van der Waals surface area (Å²) >= 11 is 0. The number of carbonyl (C=O) groups is 1. The number of ether oxygens (including phenoxy) is 2. The molecule has 0 radical (unpaired) electrons. The SMILES string of the molecule is O=C(O)C1OCCCO1.[NaH]. The number of hydrogen-bond donors (Lipinski definition) is 1. The number of carboxylic acids is 1. The summed E-state index contributed by atoms with van der Waals surface area (Å²) in [7, 11) is 0. The maximum atomic E-state index is 10.1. The van der Waals surface area contributed by atoms with Gasteiger partial charge in [-0.3, -0.25) is 0 Å². The van der Waals surface area contributed by atoms with E-state index < -0.39 is 12.3 Å². The van der Waals surface area contributed by atoms with Crippen molar-refractivity contribution < 1.29 is 19.4 Å². The van der Waals surface area contributed by atoms with Crippen LogP contribution in [-0.2, 0) is 14.3 Å². The normalized spacial score (nSPS) is 19.6. The molecule has 5 heteroatoms. The fourth-order valence-electron chi connectivity index (χ4n) is 0.630. The quantitative estimate of drug-likeness (QED) is 0.504. The Balaban J connectivity index is 0.000000810. The van der Waals surface area contributed by atoms with E-state index in [0.29, 0.717) is 13.2 Å². The number of hydrogen-bond acceptors (Lipinski definition) is 3. The monoisotopic (exact) mass is 156 g/mol. The predicted octanol–water partition coefficient (Wildman–Crippen LogP) is -0.815. The van der Waals surface area contributed by atoms with E-state index in [0.717, 1.165) is 6.42 Å². The van der Waals surface area contributed by atoms with Gasteiger partial charge in [0.2, 0.25) is 0 Å². The van der Waals surface area contributed by atoms with E-state index in [1.165, 1.54) is 0 Å². The van der Waals surface area contributed by atoms with E-state index in [-0.39, 0.29) is 29.6 Å². The molecule has 0 aromatic rings. The minimum atomic E-state index is -1.05. The summed E-state index contributed by atoms with van der Waals surface area (Å²) in [5.74, 6) is -1.05. The van der Waals surface area contributed by atoms with Crippen LogP contribution in [0.25, 0.3) is 0 Å². The second-order valence-corrected chi connectivity index (χ2v) is 1.77. The van der Waals surface area contributed by atoms with Crippen molar-refractivity contribution in [1.82, 2.24) is 0 Å². The van der Waals surface area contributed by atoms with Gasteiger partial charge in [-0.1, -0.05) is 0 Å². The zero-order valence-corrected chi connectivity index (χ0v) is 4.87. The summed E-state index contributed by atoms with van der Waals surface area (Å²) in [5.41, 5.74) is 0. The summed E-state index contributed by atoms with van der Waals surface area (Å²) in [6.45, 7) is 0.966. The van der Waals surface area contributed by atoms with Crippen LogP contribution in [0.1, 0.15) is 6.42 Å². The van der Waals surface area contributed by atoms with Crippen molar-refractivity contribution >= 4 is 35.5 Å². The molecule has 1 heterocycles. The molecular formula is C5H9NaO4. The molecule has 1 N–H and O–H groups in total. The third-order valence-electron chi connectivity index (χ3n) is 1.03. The van der Waals surface area contributed by atoms with Crippen LogP contribution in [0.2, 0.25) is 0 Å². The molecule has 1 aliphatic heterocycles. The van der Waals surface area contributed by atoms with Gasteiger partial charge in [0.05, 0.1) is 13.2 Å². The third-order valence-corrected chi connectivity index (χ3v) is 1.03. The molecule has 10 heavy (non-hydrogen) atoms. The molecule has 4 nitrogen and oxygen atoms in total. The molecule has 0 atom stereocenters. The van der Waals surface area contributed by atoms with Crippen LogP contribution in [-0.4, -0.2) is 60.1 Å². The Bertz CT molecular complexity index is 110. The van der Waals surface area contributed by atoms with E-state index >= 15 is 0 Å².